The summed E-state index contributed by atoms with van der Waals surface area (Å²) < 4.78 is 4.75. The number of halogens is 2. The first-order chi connectivity index (χ1) is 24.1. The standard InChI is InChI=1S/C36H40Cl2N8O4/c1-43-29-13-15-39-18-27(29)40-32(43)34(47)42-26-8-4-7-25(31(26)37)23-5-3-6-24(17-23)46(38)35(48)33-41-28-20-45(16-14-30(28)44(33)2)19-21-9-11-22(12-10-21)36(49)50/h3-8,17,21-22,39H,9-16,18-20H2,1-2H3,(H,42,47)(H,49,50). The Kier molecular flexibility index (Phi) is 9.71. The fourth-order valence-electron chi connectivity index (χ4n) is 7.58. The summed E-state index contributed by atoms with van der Waals surface area (Å²) >= 11 is 13.6. The molecule has 1 fully saturated rings. The molecule has 0 unspecified atom stereocenters. The number of hydrogen-bond acceptors (Lipinski definition) is 7. The van der Waals surface area contributed by atoms with Crippen LogP contribution in [-0.2, 0) is 44.8 Å². The molecule has 2 aromatic heterocycles. The van der Waals surface area contributed by atoms with Crippen molar-refractivity contribution in [2.75, 3.05) is 29.4 Å². The summed E-state index contributed by atoms with van der Waals surface area (Å²) in [7, 11) is 3.70. The molecule has 2 aliphatic heterocycles. The van der Waals surface area contributed by atoms with Gasteiger partial charge in [-0.2, -0.15) is 0 Å². The van der Waals surface area contributed by atoms with Gasteiger partial charge in [-0.1, -0.05) is 35.9 Å². The molecule has 50 heavy (non-hydrogen) atoms. The first-order valence-electron chi connectivity index (χ1n) is 17.0. The summed E-state index contributed by atoms with van der Waals surface area (Å²) in [4.78, 5) is 50.1. The second kappa shape index (κ2) is 14.2. The number of carbonyl (C=O) groups excluding carboxylic acids is 2. The molecule has 7 rings (SSSR count). The van der Waals surface area contributed by atoms with Gasteiger partial charge in [0.25, 0.3) is 5.91 Å². The van der Waals surface area contributed by atoms with Gasteiger partial charge in [-0.05, 0) is 55.4 Å². The predicted octanol–water partition coefficient (Wildman–Crippen LogP) is 5.42. The lowest BCUT2D eigenvalue weighted by molar-refractivity contribution is -0.143. The number of nitrogens with zero attached hydrogens (tertiary/aromatic N) is 6. The maximum atomic E-state index is 13.8. The Labute approximate surface area is 300 Å². The van der Waals surface area contributed by atoms with Crippen LogP contribution in [0.25, 0.3) is 11.1 Å². The van der Waals surface area contributed by atoms with E-state index in [0.717, 1.165) is 85.4 Å². The number of carboxylic acid groups (broad SMARTS) is 1. The smallest absolute Gasteiger partial charge is 0.308 e. The zero-order valence-corrected chi connectivity index (χ0v) is 29.6. The van der Waals surface area contributed by atoms with Crippen molar-refractivity contribution in [1.29, 1.82) is 0 Å². The number of imidazole rings is 2. The van der Waals surface area contributed by atoms with Crippen molar-refractivity contribution < 1.29 is 19.5 Å². The summed E-state index contributed by atoms with van der Waals surface area (Å²) in [5.41, 5.74) is 6.08. The first-order valence-corrected chi connectivity index (χ1v) is 17.8. The Bertz CT molecular complexity index is 1960. The van der Waals surface area contributed by atoms with E-state index in [9.17, 15) is 19.5 Å². The number of anilines is 2. The second-order valence-electron chi connectivity index (χ2n) is 13.5. The number of benzene rings is 2. The van der Waals surface area contributed by atoms with Crippen molar-refractivity contribution in [3.8, 4) is 11.1 Å². The maximum absolute atomic E-state index is 13.8. The normalized spacial score (nSPS) is 19.0. The molecule has 12 nitrogen and oxygen atoms in total. The molecule has 0 bridgehead atoms. The third-order valence-corrected chi connectivity index (χ3v) is 11.1. The van der Waals surface area contributed by atoms with Crippen LogP contribution >= 0.6 is 23.4 Å². The highest BCUT2D eigenvalue weighted by Crippen LogP contribution is 2.36. The van der Waals surface area contributed by atoms with Crippen LogP contribution in [-0.4, -0.2) is 66.5 Å². The van der Waals surface area contributed by atoms with E-state index in [2.05, 4.69) is 20.5 Å². The minimum atomic E-state index is -0.687. The number of hydrogen-bond donors (Lipinski definition) is 3. The summed E-state index contributed by atoms with van der Waals surface area (Å²) in [5, 5.41) is 15.9. The van der Waals surface area contributed by atoms with Gasteiger partial charge in [-0.25, -0.2) is 14.4 Å². The van der Waals surface area contributed by atoms with Gasteiger partial charge >= 0.3 is 11.9 Å². The minimum absolute atomic E-state index is 0.224. The van der Waals surface area contributed by atoms with E-state index in [1.54, 1.807) is 24.3 Å². The molecule has 4 heterocycles. The molecule has 2 aromatic carbocycles. The average Bonchev–Trinajstić information content (AvgIpc) is 3.64. The van der Waals surface area contributed by atoms with Crippen molar-refractivity contribution in [3.63, 3.8) is 0 Å². The van der Waals surface area contributed by atoms with Gasteiger partial charge in [0.1, 0.15) is 0 Å². The number of rotatable bonds is 8. The Morgan fingerprint density at radius 2 is 1.70 bits per heavy atom. The first kappa shape index (κ1) is 34.2. The molecular formula is C36H40Cl2N8O4. The molecular weight excluding hydrogens is 679 g/mol. The van der Waals surface area contributed by atoms with Crippen LogP contribution in [0.5, 0.6) is 0 Å². The van der Waals surface area contributed by atoms with Gasteiger partial charge < -0.3 is 24.9 Å². The van der Waals surface area contributed by atoms with Gasteiger partial charge in [0, 0.05) is 88.4 Å². The van der Waals surface area contributed by atoms with Gasteiger partial charge in [-0.3, -0.25) is 19.3 Å². The zero-order valence-electron chi connectivity index (χ0n) is 28.1. The molecule has 3 N–H and O–H groups in total. The van der Waals surface area contributed by atoms with E-state index in [0.29, 0.717) is 52.4 Å². The van der Waals surface area contributed by atoms with E-state index >= 15 is 0 Å². The molecule has 2 amide bonds. The van der Waals surface area contributed by atoms with Crippen molar-refractivity contribution >= 4 is 52.5 Å². The van der Waals surface area contributed by atoms with Crippen LogP contribution in [0.4, 0.5) is 11.4 Å². The monoisotopic (exact) mass is 718 g/mol. The lowest BCUT2D eigenvalue weighted by Gasteiger charge is -2.33. The third-order valence-electron chi connectivity index (χ3n) is 10.4. The summed E-state index contributed by atoms with van der Waals surface area (Å²) in [6.45, 7) is 3.86. The Hall–Kier alpha value is -4.23. The van der Waals surface area contributed by atoms with Gasteiger partial charge in [0.15, 0.2) is 5.82 Å². The highest BCUT2D eigenvalue weighted by Gasteiger charge is 2.31. The molecule has 1 aliphatic carbocycles. The van der Waals surface area contributed by atoms with E-state index < -0.39 is 11.9 Å². The van der Waals surface area contributed by atoms with Gasteiger partial charge in [0.2, 0.25) is 5.82 Å². The maximum Gasteiger partial charge on any atom is 0.308 e. The topological polar surface area (TPSA) is 138 Å². The highest BCUT2D eigenvalue weighted by molar-refractivity contribution is 6.39. The van der Waals surface area contributed by atoms with Crippen molar-refractivity contribution in [2.45, 2.75) is 51.6 Å². The van der Waals surface area contributed by atoms with Crippen LogP contribution in [0, 0.1) is 11.8 Å². The van der Waals surface area contributed by atoms with Crippen LogP contribution in [0.2, 0.25) is 5.02 Å². The average molecular weight is 720 g/mol. The van der Waals surface area contributed by atoms with Crippen LogP contribution in [0.3, 0.4) is 0 Å². The predicted molar refractivity (Wildman–Crippen MR) is 191 cm³/mol. The van der Waals surface area contributed by atoms with Crippen molar-refractivity contribution in [1.82, 2.24) is 29.3 Å². The number of carbonyl (C=O) groups is 3. The van der Waals surface area contributed by atoms with Gasteiger partial charge in [-0.15, -0.1) is 0 Å². The molecule has 14 heteroatoms. The second-order valence-corrected chi connectivity index (χ2v) is 14.2. The van der Waals surface area contributed by atoms with Crippen LogP contribution < -0.4 is 15.1 Å². The largest absolute Gasteiger partial charge is 0.481 e. The van der Waals surface area contributed by atoms with E-state index in [-0.39, 0.29) is 17.6 Å². The molecule has 4 aromatic rings. The summed E-state index contributed by atoms with van der Waals surface area (Å²) in [6, 6.07) is 12.6. The van der Waals surface area contributed by atoms with E-state index in [1.807, 2.05) is 41.4 Å². The molecule has 3 aliphatic rings. The van der Waals surface area contributed by atoms with E-state index in [4.69, 9.17) is 28.4 Å². The summed E-state index contributed by atoms with van der Waals surface area (Å²) in [5.74, 6) is -0.658. The van der Waals surface area contributed by atoms with Crippen molar-refractivity contribution in [3.05, 3.63) is 81.9 Å². The lowest BCUT2D eigenvalue weighted by Crippen LogP contribution is -2.36. The van der Waals surface area contributed by atoms with E-state index in [1.165, 1.54) is 0 Å². The molecule has 1 saturated carbocycles. The molecule has 0 spiro atoms. The number of carboxylic acids is 1. The number of nitrogens with one attached hydrogen (secondary N) is 2. The quantitative estimate of drug-likeness (QED) is 0.206. The summed E-state index contributed by atoms with van der Waals surface area (Å²) in [6.07, 6.45) is 4.86. The fourth-order valence-corrected chi connectivity index (χ4v) is 8.04. The Balaban J connectivity index is 1.04. The molecule has 0 atom stereocenters. The number of aromatic nitrogens is 4. The molecule has 0 saturated heterocycles. The van der Waals surface area contributed by atoms with Gasteiger partial charge in [0.05, 0.1) is 33.7 Å². The fraction of sp³-hybridized carbons (Fsp3) is 0.417. The van der Waals surface area contributed by atoms with Crippen molar-refractivity contribution in [2.24, 2.45) is 25.9 Å². The zero-order chi connectivity index (χ0) is 35.1. The third kappa shape index (κ3) is 6.64. The number of amides is 2. The highest BCUT2D eigenvalue weighted by atomic mass is 35.5. The Morgan fingerprint density at radius 3 is 2.46 bits per heavy atom. The minimum Gasteiger partial charge on any atom is -0.481 e. The number of fused-ring (bicyclic) bond motifs is 2. The Morgan fingerprint density at radius 1 is 0.980 bits per heavy atom. The molecule has 0 radical (unpaired) electrons. The SMILES string of the molecule is Cn1c(C(=O)Nc2cccc(-c3cccc(N(Cl)C(=O)c4nc5c(n4C)CCN(CC4CCC(C(=O)O)CC4)C5)c3)c2Cl)nc2c1CCNC2. The number of aliphatic carboxylic acids is 1. The molecule has 262 valence electrons. The van der Waals surface area contributed by atoms with Crippen LogP contribution in [0.15, 0.2) is 42.5 Å². The van der Waals surface area contributed by atoms with Crippen LogP contribution in [0.1, 0.15) is 69.7 Å². The lowest BCUT2D eigenvalue weighted by atomic mass is 9.81.